The topological polar surface area (TPSA) is 119 Å². The molecule has 0 unspecified atom stereocenters. The molecular formula is C19H15N7O2S2. The molecule has 3 heterocycles. The lowest BCUT2D eigenvalue weighted by atomic mass is 10.3. The molecule has 0 radical (unpaired) electrons. The van der Waals surface area contributed by atoms with Crippen molar-refractivity contribution in [1.82, 2.24) is 30.1 Å². The molecule has 0 saturated carbocycles. The standard InChI is InChI=1S/C19H15N7O2S2/c1-28-12-2-4-13(5-3-12)29-14-6-7-16(30-19-22-11-23-26-19)25-17(14)18(27)24-15-8-9-20-10-21-15/h2-11H,1H3,(H,22,23,26)(H,20,21,24,27). The summed E-state index contributed by atoms with van der Waals surface area (Å²) in [5, 5.41) is 10.5. The summed E-state index contributed by atoms with van der Waals surface area (Å²) in [6.07, 6.45) is 4.34. The number of benzene rings is 1. The van der Waals surface area contributed by atoms with E-state index in [2.05, 4.69) is 35.5 Å². The zero-order chi connectivity index (χ0) is 20.8. The Hall–Kier alpha value is -3.44. The Kier molecular flexibility index (Phi) is 6.20. The highest BCUT2D eigenvalue weighted by Crippen LogP contribution is 2.33. The lowest BCUT2D eigenvalue weighted by molar-refractivity contribution is 0.101. The summed E-state index contributed by atoms with van der Waals surface area (Å²) in [7, 11) is 1.62. The normalized spacial score (nSPS) is 10.6. The number of methoxy groups -OCH3 is 1. The van der Waals surface area contributed by atoms with Crippen LogP contribution in [0.25, 0.3) is 0 Å². The number of hydrogen-bond acceptors (Lipinski definition) is 9. The molecule has 11 heteroatoms. The number of aromatic nitrogens is 6. The first-order valence-corrected chi connectivity index (χ1v) is 10.3. The Labute approximate surface area is 180 Å². The highest BCUT2D eigenvalue weighted by atomic mass is 32.2. The Morgan fingerprint density at radius 3 is 2.60 bits per heavy atom. The molecule has 0 spiro atoms. The van der Waals surface area contributed by atoms with Gasteiger partial charge in [0.2, 0.25) is 0 Å². The maximum Gasteiger partial charge on any atom is 0.276 e. The quantitative estimate of drug-likeness (QED) is 0.447. The van der Waals surface area contributed by atoms with Gasteiger partial charge in [0.05, 0.1) is 7.11 Å². The predicted molar refractivity (Wildman–Crippen MR) is 112 cm³/mol. The Balaban J connectivity index is 1.63. The largest absolute Gasteiger partial charge is 0.497 e. The van der Waals surface area contributed by atoms with E-state index in [1.807, 2.05) is 36.4 Å². The minimum atomic E-state index is -0.371. The molecule has 1 aromatic carbocycles. The monoisotopic (exact) mass is 437 g/mol. The van der Waals surface area contributed by atoms with Gasteiger partial charge in [-0.15, -0.1) is 0 Å². The smallest absolute Gasteiger partial charge is 0.276 e. The third-order valence-corrected chi connectivity index (χ3v) is 5.64. The lowest BCUT2D eigenvalue weighted by Crippen LogP contribution is -2.16. The van der Waals surface area contributed by atoms with Crippen molar-refractivity contribution >= 4 is 35.2 Å². The molecule has 0 saturated heterocycles. The number of ether oxygens (including phenoxy) is 1. The average molecular weight is 438 g/mol. The fourth-order valence-corrected chi connectivity index (χ4v) is 3.95. The summed E-state index contributed by atoms with van der Waals surface area (Å²) in [4.78, 5) is 31.1. The summed E-state index contributed by atoms with van der Waals surface area (Å²) in [6.45, 7) is 0. The first-order valence-electron chi connectivity index (χ1n) is 8.65. The van der Waals surface area contributed by atoms with Gasteiger partial charge in [0.1, 0.15) is 34.9 Å². The molecule has 150 valence electrons. The molecule has 30 heavy (non-hydrogen) atoms. The number of anilines is 1. The van der Waals surface area contributed by atoms with E-state index < -0.39 is 0 Å². The van der Waals surface area contributed by atoms with Crippen LogP contribution in [-0.4, -0.2) is 43.2 Å². The van der Waals surface area contributed by atoms with Gasteiger partial charge in [0.25, 0.3) is 5.91 Å². The van der Waals surface area contributed by atoms with Crippen molar-refractivity contribution in [2.24, 2.45) is 0 Å². The molecule has 0 aliphatic heterocycles. The fourth-order valence-electron chi connectivity index (χ4n) is 2.38. The molecule has 0 bridgehead atoms. The number of pyridine rings is 1. The number of nitrogens with one attached hydrogen (secondary N) is 2. The van der Waals surface area contributed by atoms with Crippen molar-refractivity contribution in [1.29, 1.82) is 0 Å². The molecular weight excluding hydrogens is 422 g/mol. The number of rotatable bonds is 7. The van der Waals surface area contributed by atoms with Crippen molar-refractivity contribution in [3.8, 4) is 5.75 Å². The summed E-state index contributed by atoms with van der Waals surface area (Å²) >= 11 is 2.71. The maximum atomic E-state index is 13.0. The van der Waals surface area contributed by atoms with E-state index in [4.69, 9.17) is 4.74 Å². The van der Waals surface area contributed by atoms with Gasteiger partial charge in [-0.25, -0.2) is 19.9 Å². The van der Waals surface area contributed by atoms with Crippen LogP contribution in [0.5, 0.6) is 5.75 Å². The summed E-state index contributed by atoms with van der Waals surface area (Å²) < 4.78 is 5.20. The number of carbonyl (C=O) groups is 1. The lowest BCUT2D eigenvalue weighted by Gasteiger charge is -2.10. The molecule has 0 aliphatic carbocycles. The Morgan fingerprint density at radius 1 is 1.03 bits per heavy atom. The van der Waals surface area contributed by atoms with Crippen LogP contribution in [0.1, 0.15) is 10.5 Å². The Bertz CT molecular complexity index is 1120. The first kappa shape index (κ1) is 19.9. The van der Waals surface area contributed by atoms with E-state index >= 15 is 0 Å². The minimum Gasteiger partial charge on any atom is -0.497 e. The number of H-pyrrole nitrogens is 1. The first-order chi connectivity index (χ1) is 14.7. The molecule has 2 N–H and O–H groups in total. The average Bonchev–Trinajstić information content (AvgIpc) is 3.29. The van der Waals surface area contributed by atoms with Crippen LogP contribution in [0.3, 0.4) is 0 Å². The third-order valence-electron chi connectivity index (χ3n) is 3.75. The summed E-state index contributed by atoms with van der Waals surface area (Å²) in [5.41, 5.74) is 0.277. The van der Waals surface area contributed by atoms with E-state index in [9.17, 15) is 4.79 Å². The van der Waals surface area contributed by atoms with E-state index in [1.54, 1.807) is 19.4 Å². The van der Waals surface area contributed by atoms with Gasteiger partial charge in [-0.05, 0) is 54.2 Å². The number of hydrogen-bond donors (Lipinski definition) is 2. The van der Waals surface area contributed by atoms with Crippen LogP contribution in [-0.2, 0) is 0 Å². The SMILES string of the molecule is COc1ccc(Sc2ccc(Sc3ncn[nH]3)nc2C(=O)Nc2ccncn2)cc1. The molecule has 0 aliphatic rings. The molecule has 3 aromatic heterocycles. The third kappa shape index (κ3) is 4.93. The second-order valence-corrected chi connectivity index (χ2v) is 7.84. The zero-order valence-corrected chi connectivity index (χ0v) is 17.3. The number of aromatic amines is 1. The number of amides is 1. The van der Waals surface area contributed by atoms with E-state index in [0.29, 0.717) is 20.9 Å². The van der Waals surface area contributed by atoms with E-state index in [0.717, 1.165) is 10.6 Å². The van der Waals surface area contributed by atoms with E-state index in [-0.39, 0.29) is 11.6 Å². The molecule has 1 amide bonds. The molecule has 4 rings (SSSR count). The maximum absolute atomic E-state index is 13.0. The predicted octanol–water partition coefficient (Wildman–Crippen LogP) is 3.55. The van der Waals surface area contributed by atoms with Gasteiger partial charge in [0, 0.05) is 16.0 Å². The summed E-state index contributed by atoms with van der Waals surface area (Å²) in [6, 6.07) is 12.9. The van der Waals surface area contributed by atoms with Gasteiger partial charge < -0.3 is 10.1 Å². The van der Waals surface area contributed by atoms with Crippen LogP contribution < -0.4 is 10.1 Å². The van der Waals surface area contributed by atoms with Crippen LogP contribution in [0.15, 0.2) is 81.3 Å². The van der Waals surface area contributed by atoms with Crippen molar-refractivity contribution in [3.63, 3.8) is 0 Å². The van der Waals surface area contributed by atoms with Gasteiger partial charge in [0.15, 0.2) is 5.16 Å². The Morgan fingerprint density at radius 2 is 1.90 bits per heavy atom. The minimum absolute atomic E-state index is 0.277. The van der Waals surface area contributed by atoms with Crippen molar-refractivity contribution < 1.29 is 9.53 Å². The van der Waals surface area contributed by atoms with E-state index in [1.165, 1.54) is 36.2 Å². The van der Waals surface area contributed by atoms with Crippen molar-refractivity contribution in [2.75, 3.05) is 12.4 Å². The molecule has 4 aromatic rings. The van der Waals surface area contributed by atoms with Gasteiger partial charge in [-0.2, -0.15) is 5.10 Å². The van der Waals surface area contributed by atoms with Gasteiger partial charge >= 0.3 is 0 Å². The highest BCUT2D eigenvalue weighted by molar-refractivity contribution is 7.99. The molecule has 0 fully saturated rings. The van der Waals surface area contributed by atoms with Crippen LogP contribution >= 0.6 is 23.5 Å². The van der Waals surface area contributed by atoms with Crippen LogP contribution in [0.2, 0.25) is 0 Å². The summed E-state index contributed by atoms with van der Waals surface area (Å²) in [5.74, 6) is 0.785. The van der Waals surface area contributed by atoms with Crippen molar-refractivity contribution in [3.05, 3.63) is 67.0 Å². The molecule has 0 atom stereocenters. The number of nitrogens with zero attached hydrogens (tertiary/aromatic N) is 5. The van der Waals surface area contributed by atoms with Crippen LogP contribution in [0.4, 0.5) is 5.82 Å². The van der Waals surface area contributed by atoms with Crippen LogP contribution in [0, 0.1) is 0 Å². The van der Waals surface area contributed by atoms with Gasteiger partial charge in [-0.3, -0.25) is 9.89 Å². The molecule has 9 nitrogen and oxygen atoms in total. The second-order valence-electron chi connectivity index (χ2n) is 5.72. The van der Waals surface area contributed by atoms with Gasteiger partial charge in [-0.1, -0.05) is 11.8 Å². The highest BCUT2D eigenvalue weighted by Gasteiger charge is 2.17. The second kappa shape index (κ2) is 9.37. The van der Waals surface area contributed by atoms with Crippen molar-refractivity contribution in [2.45, 2.75) is 20.0 Å². The zero-order valence-electron chi connectivity index (χ0n) is 15.6. The number of carbonyl (C=O) groups excluding carboxylic acids is 1. The fraction of sp³-hybridized carbons (Fsp3) is 0.0526.